The third-order valence-electron chi connectivity index (χ3n) is 4.63. The van der Waals surface area contributed by atoms with Gasteiger partial charge in [-0.3, -0.25) is 0 Å². The molecule has 3 heteroatoms. The highest BCUT2D eigenvalue weighted by atomic mass is 19.1. The zero-order valence-corrected chi connectivity index (χ0v) is 12.8. The highest BCUT2D eigenvalue weighted by Crippen LogP contribution is 2.37. The summed E-state index contributed by atoms with van der Waals surface area (Å²) in [6.45, 7) is 4.53. The lowest BCUT2D eigenvalue weighted by atomic mass is 9.70. The fraction of sp³-hybridized carbons (Fsp3) is 0.647. The molecule has 1 aromatic rings. The maximum Gasteiger partial charge on any atom is 0.165 e. The van der Waals surface area contributed by atoms with Gasteiger partial charge in [0, 0.05) is 5.54 Å². The van der Waals surface area contributed by atoms with Gasteiger partial charge in [0.15, 0.2) is 11.6 Å². The van der Waals surface area contributed by atoms with E-state index in [9.17, 15) is 4.39 Å². The Labute approximate surface area is 121 Å². The largest absolute Gasteiger partial charge is 0.494 e. The summed E-state index contributed by atoms with van der Waals surface area (Å²) in [5, 5.41) is 0. The standard InChI is InChI=1S/C17H26FNO/c1-12(2)14-5-4-8-17(19,11-14)10-13-6-7-16(20-3)15(18)9-13/h6-7,9,12,14H,4-5,8,10-11,19H2,1-3H3. The predicted molar refractivity (Wildman–Crippen MR) is 80.4 cm³/mol. The molecule has 0 aromatic heterocycles. The molecule has 2 unspecified atom stereocenters. The van der Waals surface area contributed by atoms with Crippen LogP contribution in [0.5, 0.6) is 5.75 Å². The van der Waals surface area contributed by atoms with E-state index < -0.39 is 0 Å². The quantitative estimate of drug-likeness (QED) is 0.906. The molecule has 20 heavy (non-hydrogen) atoms. The Morgan fingerprint density at radius 1 is 1.45 bits per heavy atom. The van der Waals surface area contributed by atoms with Crippen LogP contribution < -0.4 is 10.5 Å². The number of methoxy groups -OCH3 is 1. The Morgan fingerprint density at radius 3 is 2.80 bits per heavy atom. The fourth-order valence-electron chi connectivity index (χ4n) is 3.40. The van der Waals surface area contributed by atoms with Gasteiger partial charge in [0.1, 0.15) is 0 Å². The van der Waals surface area contributed by atoms with Gasteiger partial charge in [0.25, 0.3) is 0 Å². The normalized spacial score (nSPS) is 26.8. The first-order valence-electron chi connectivity index (χ1n) is 7.55. The summed E-state index contributed by atoms with van der Waals surface area (Å²) in [5.41, 5.74) is 7.37. The first-order valence-corrected chi connectivity index (χ1v) is 7.55. The van der Waals surface area contributed by atoms with Crippen LogP contribution in [-0.2, 0) is 6.42 Å². The van der Waals surface area contributed by atoms with E-state index in [0.717, 1.165) is 24.8 Å². The van der Waals surface area contributed by atoms with Crippen LogP contribution in [0.3, 0.4) is 0 Å². The number of hydrogen-bond donors (Lipinski definition) is 1. The van der Waals surface area contributed by atoms with Crippen LogP contribution in [0.4, 0.5) is 4.39 Å². The Hall–Kier alpha value is -1.09. The fourth-order valence-corrected chi connectivity index (χ4v) is 3.40. The molecule has 0 amide bonds. The minimum Gasteiger partial charge on any atom is -0.494 e. The molecule has 2 N–H and O–H groups in total. The van der Waals surface area contributed by atoms with Crippen LogP contribution in [0.25, 0.3) is 0 Å². The van der Waals surface area contributed by atoms with Crippen LogP contribution in [-0.4, -0.2) is 12.6 Å². The molecular weight excluding hydrogens is 253 g/mol. The second kappa shape index (κ2) is 6.13. The molecule has 0 radical (unpaired) electrons. The van der Waals surface area contributed by atoms with E-state index in [0.29, 0.717) is 17.6 Å². The maximum atomic E-state index is 13.8. The molecule has 0 saturated heterocycles. The lowest BCUT2D eigenvalue weighted by molar-refractivity contribution is 0.182. The predicted octanol–water partition coefficient (Wildman–Crippen LogP) is 3.92. The summed E-state index contributed by atoms with van der Waals surface area (Å²) in [6, 6.07) is 5.18. The lowest BCUT2D eigenvalue weighted by Gasteiger charge is -2.40. The van der Waals surface area contributed by atoms with E-state index in [1.165, 1.54) is 20.0 Å². The van der Waals surface area contributed by atoms with Gasteiger partial charge in [0.2, 0.25) is 0 Å². The number of rotatable bonds is 4. The maximum absolute atomic E-state index is 13.8. The Balaban J connectivity index is 2.09. The SMILES string of the molecule is COc1ccc(CC2(N)CCCC(C(C)C)C2)cc1F. The second-order valence-electron chi connectivity index (χ2n) is 6.61. The van der Waals surface area contributed by atoms with Crippen molar-refractivity contribution in [2.75, 3.05) is 7.11 Å². The van der Waals surface area contributed by atoms with Gasteiger partial charge in [-0.05, 0) is 48.8 Å². The first kappa shape index (κ1) is 15.3. The molecule has 0 spiro atoms. The van der Waals surface area contributed by atoms with Gasteiger partial charge in [-0.15, -0.1) is 0 Å². The van der Waals surface area contributed by atoms with E-state index in [1.807, 2.05) is 6.07 Å². The van der Waals surface area contributed by atoms with Crippen molar-refractivity contribution in [3.63, 3.8) is 0 Å². The number of ether oxygens (including phenoxy) is 1. The topological polar surface area (TPSA) is 35.2 Å². The van der Waals surface area contributed by atoms with Gasteiger partial charge in [-0.1, -0.05) is 32.8 Å². The molecule has 1 aliphatic rings. The summed E-state index contributed by atoms with van der Waals surface area (Å²) in [4.78, 5) is 0. The molecule has 0 heterocycles. The average molecular weight is 279 g/mol. The van der Waals surface area contributed by atoms with E-state index in [2.05, 4.69) is 13.8 Å². The molecule has 2 rings (SSSR count). The number of nitrogens with two attached hydrogens (primary N) is 1. The van der Waals surface area contributed by atoms with Crippen LogP contribution in [0, 0.1) is 17.7 Å². The van der Waals surface area contributed by atoms with E-state index in [4.69, 9.17) is 10.5 Å². The van der Waals surface area contributed by atoms with Gasteiger partial charge in [0.05, 0.1) is 7.11 Å². The van der Waals surface area contributed by atoms with Crippen molar-refractivity contribution in [1.29, 1.82) is 0 Å². The average Bonchev–Trinajstić information content (AvgIpc) is 2.38. The number of hydrogen-bond acceptors (Lipinski definition) is 2. The van der Waals surface area contributed by atoms with Crippen LogP contribution in [0.2, 0.25) is 0 Å². The van der Waals surface area contributed by atoms with Gasteiger partial charge < -0.3 is 10.5 Å². The monoisotopic (exact) mass is 279 g/mol. The lowest BCUT2D eigenvalue weighted by Crippen LogP contribution is -2.47. The van der Waals surface area contributed by atoms with Crippen molar-refractivity contribution < 1.29 is 9.13 Å². The molecule has 1 saturated carbocycles. The molecule has 0 aliphatic heterocycles. The Kier molecular flexibility index (Phi) is 4.69. The molecule has 1 aliphatic carbocycles. The molecule has 1 fully saturated rings. The highest BCUT2D eigenvalue weighted by Gasteiger charge is 2.34. The van der Waals surface area contributed by atoms with Gasteiger partial charge in [-0.2, -0.15) is 0 Å². The van der Waals surface area contributed by atoms with Crippen LogP contribution >= 0.6 is 0 Å². The number of halogens is 1. The van der Waals surface area contributed by atoms with E-state index in [1.54, 1.807) is 12.1 Å². The molecule has 0 bridgehead atoms. The molecule has 2 nitrogen and oxygen atoms in total. The summed E-state index contributed by atoms with van der Waals surface area (Å²) < 4.78 is 18.7. The molecule has 112 valence electrons. The zero-order valence-electron chi connectivity index (χ0n) is 12.8. The van der Waals surface area contributed by atoms with Gasteiger partial charge >= 0.3 is 0 Å². The number of benzene rings is 1. The summed E-state index contributed by atoms with van der Waals surface area (Å²) in [5.74, 6) is 1.36. The van der Waals surface area contributed by atoms with E-state index in [-0.39, 0.29) is 11.4 Å². The molecular formula is C17H26FNO. The first-order chi connectivity index (χ1) is 9.43. The summed E-state index contributed by atoms with van der Waals surface area (Å²) in [7, 11) is 1.48. The molecule has 1 aromatic carbocycles. The zero-order chi connectivity index (χ0) is 14.8. The summed E-state index contributed by atoms with van der Waals surface area (Å²) >= 11 is 0. The van der Waals surface area contributed by atoms with Crippen LogP contribution in [0.15, 0.2) is 18.2 Å². The third-order valence-corrected chi connectivity index (χ3v) is 4.63. The highest BCUT2D eigenvalue weighted by molar-refractivity contribution is 5.30. The van der Waals surface area contributed by atoms with E-state index >= 15 is 0 Å². The second-order valence-corrected chi connectivity index (χ2v) is 6.61. The third kappa shape index (κ3) is 3.51. The Bertz CT molecular complexity index is 460. The van der Waals surface area contributed by atoms with Crippen molar-refractivity contribution in [1.82, 2.24) is 0 Å². The van der Waals surface area contributed by atoms with Crippen molar-refractivity contribution in [2.45, 2.75) is 51.5 Å². The van der Waals surface area contributed by atoms with Crippen LogP contribution in [0.1, 0.15) is 45.1 Å². The van der Waals surface area contributed by atoms with Gasteiger partial charge in [-0.25, -0.2) is 4.39 Å². The minimum absolute atomic E-state index is 0.186. The minimum atomic E-state index is -0.301. The smallest absolute Gasteiger partial charge is 0.165 e. The summed E-state index contributed by atoms with van der Waals surface area (Å²) in [6.07, 6.45) is 5.27. The van der Waals surface area contributed by atoms with Crippen molar-refractivity contribution in [3.05, 3.63) is 29.6 Å². The molecule has 2 atom stereocenters. The van der Waals surface area contributed by atoms with Crippen molar-refractivity contribution in [2.24, 2.45) is 17.6 Å². The Morgan fingerprint density at radius 2 is 2.20 bits per heavy atom. The van der Waals surface area contributed by atoms with Crippen molar-refractivity contribution >= 4 is 0 Å². The van der Waals surface area contributed by atoms with Crippen molar-refractivity contribution in [3.8, 4) is 5.75 Å².